The van der Waals surface area contributed by atoms with Gasteiger partial charge in [-0.05, 0) is 48.4 Å². The van der Waals surface area contributed by atoms with E-state index in [1.807, 2.05) is 30.3 Å². The van der Waals surface area contributed by atoms with Crippen molar-refractivity contribution in [2.24, 2.45) is 0 Å². The molecule has 136 valence electrons. The lowest BCUT2D eigenvalue weighted by atomic mass is 9.93. The van der Waals surface area contributed by atoms with Gasteiger partial charge in [-0.15, -0.1) is 0 Å². The van der Waals surface area contributed by atoms with Gasteiger partial charge in [-0.3, -0.25) is 0 Å². The molecule has 0 spiro atoms. The topological polar surface area (TPSA) is 43.6 Å². The zero-order valence-corrected chi connectivity index (χ0v) is 15.3. The summed E-state index contributed by atoms with van der Waals surface area (Å²) < 4.78 is 16.3. The van der Waals surface area contributed by atoms with E-state index in [4.69, 9.17) is 13.9 Å². The fourth-order valence-electron chi connectivity index (χ4n) is 3.12. The van der Waals surface area contributed by atoms with Crippen LogP contribution >= 0.6 is 0 Å². The molecule has 1 atom stereocenters. The van der Waals surface area contributed by atoms with E-state index in [-0.39, 0.29) is 5.92 Å². The molecule has 0 aliphatic carbocycles. The molecule has 0 aliphatic heterocycles. The van der Waals surface area contributed by atoms with Crippen LogP contribution in [0.1, 0.15) is 29.2 Å². The molecule has 2 aromatic carbocycles. The van der Waals surface area contributed by atoms with E-state index in [1.54, 1.807) is 20.5 Å². The number of hydrogen-bond donors (Lipinski definition) is 1. The fraction of sp³-hybridized carbons (Fsp3) is 0.273. The lowest BCUT2D eigenvalue weighted by molar-refractivity contribution is 0.354. The number of benzene rings is 2. The van der Waals surface area contributed by atoms with Crippen molar-refractivity contribution in [1.82, 2.24) is 5.32 Å². The highest BCUT2D eigenvalue weighted by molar-refractivity contribution is 5.42. The minimum absolute atomic E-state index is 0.254. The van der Waals surface area contributed by atoms with Crippen LogP contribution in [0.5, 0.6) is 11.5 Å². The van der Waals surface area contributed by atoms with Gasteiger partial charge in [0.2, 0.25) is 0 Å². The zero-order chi connectivity index (χ0) is 18.2. The summed E-state index contributed by atoms with van der Waals surface area (Å²) in [4.78, 5) is 0. The average molecular weight is 351 g/mol. The molecule has 4 nitrogen and oxygen atoms in total. The second-order valence-corrected chi connectivity index (χ2v) is 6.13. The number of furan rings is 1. The molecule has 3 aromatic rings. The van der Waals surface area contributed by atoms with Crippen molar-refractivity contribution in [3.05, 3.63) is 83.8 Å². The van der Waals surface area contributed by atoms with Crippen LogP contribution in [0, 0.1) is 0 Å². The number of rotatable bonds is 9. The summed E-state index contributed by atoms with van der Waals surface area (Å²) in [6.45, 7) is 1.66. The van der Waals surface area contributed by atoms with Crippen LogP contribution in [0.15, 0.2) is 71.3 Å². The van der Waals surface area contributed by atoms with Gasteiger partial charge in [-0.2, -0.15) is 0 Å². The maximum Gasteiger partial charge on any atom is 0.161 e. The van der Waals surface area contributed by atoms with Gasteiger partial charge in [0.15, 0.2) is 11.5 Å². The van der Waals surface area contributed by atoms with Gasteiger partial charge in [-0.25, -0.2) is 0 Å². The maximum atomic E-state index is 5.66. The molecule has 4 heteroatoms. The van der Waals surface area contributed by atoms with E-state index in [2.05, 4.69) is 35.6 Å². The van der Waals surface area contributed by atoms with Gasteiger partial charge in [0, 0.05) is 12.5 Å². The van der Waals surface area contributed by atoms with Crippen molar-refractivity contribution in [3.63, 3.8) is 0 Å². The van der Waals surface area contributed by atoms with Gasteiger partial charge in [0.25, 0.3) is 0 Å². The third-order valence-corrected chi connectivity index (χ3v) is 4.48. The van der Waals surface area contributed by atoms with E-state index < -0.39 is 0 Å². The molecular weight excluding hydrogens is 326 g/mol. The standard InChI is InChI=1S/C22H25NO3/c1-24-21-11-10-17(15-22(21)25-2)16-23-13-12-19(20-9-6-14-26-20)18-7-4-3-5-8-18/h3-11,14-15,19,23H,12-13,16H2,1-2H3. The Morgan fingerprint density at radius 3 is 2.42 bits per heavy atom. The van der Waals surface area contributed by atoms with E-state index in [9.17, 15) is 0 Å². The summed E-state index contributed by atoms with van der Waals surface area (Å²) in [6.07, 6.45) is 2.70. The Kier molecular flexibility index (Phi) is 6.34. The highest BCUT2D eigenvalue weighted by Gasteiger charge is 2.16. The van der Waals surface area contributed by atoms with E-state index in [0.717, 1.165) is 42.3 Å². The highest BCUT2D eigenvalue weighted by Crippen LogP contribution is 2.29. The molecule has 0 radical (unpaired) electrons. The molecule has 26 heavy (non-hydrogen) atoms. The van der Waals surface area contributed by atoms with Crippen LogP contribution in [0.25, 0.3) is 0 Å². The summed E-state index contributed by atoms with van der Waals surface area (Å²) in [6, 6.07) is 20.5. The molecule has 1 heterocycles. The Morgan fingerprint density at radius 2 is 1.73 bits per heavy atom. The molecular formula is C22H25NO3. The Balaban J connectivity index is 1.59. The number of ether oxygens (including phenoxy) is 2. The summed E-state index contributed by atoms with van der Waals surface area (Å²) >= 11 is 0. The monoisotopic (exact) mass is 351 g/mol. The van der Waals surface area contributed by atoms with Gasteiger partial charge < -0.3 is 19.2 Å². The molecule has 1 unspecified atom stereocenters. The van der Waals surface area contributed by atoms with Crippen LogP contribution in [0.4, 0.5) is 0 Å². The van der Waals surface area contributed by atoms with Crippen LogP contribution in [0.3, 0.4) is 0 Å². The summed E-state index contributed by atoms with van der Waals surface area (Å²) in [5.41, 5.74) is 2.44. The second-order valence-electron chi connectivity index (χ2n) is 6.13. The van der Waals surface area contributed by atoms with E-state index in [0.29, 0.717) is 0 Å². The van der Waals surface area contributed by atoms with Crippen molar-refractivity contribution in [2.75, 3.05) is 20.8 Å². The zero-order valence-electron chi connectivity index (χ0n) is 15.3. The highest BCUT2D eigenvalue weighted by atomic mass is 16.5. The van der Waals surface area contributed by atoms with Crippen molar-refractivity contribution < 1.29 is 13.9 Å². The molecule has 0 aliphatic rings. The van der Waals surface area contributed by atoms with E-state index in [1.165, 1.54) is 5.56 Å². The third-order valence-electron chi connectivity index (χ3n) is 4.48. The first-order valence-electron chi connectivity index (χ1n) is 8.81. The van der Waals surface area contributed by atoms with Gasteiger partial charge in [0.05, 0.1) is 20.5 Å². The lowest BCUT2D eigenvalue weighted by Crippen LogP contribution is -2.17. The molecule has 0 saturated carbocycles. The molecule has 3 rings (SSSR count). The first-order valence-corrected chi connectivity index (χ1v) is 8.81. The SMILES string of the molecule is COc1ccc(CNCCC(c2ccccc2)c2ccco2)cc1OC. The number of nitrogens with one attached hydrogen (secondary N) is 1. The largest absolute Gasteiger partial charge is 0.493 e. The predicted molar refractivity (Wildman–Crippen MR) is 103 cm³/mol. The quantitative estimate of drug-likeness (QED) is 0.572. The molecule has 1 N–H and O–H groups in total. The Bertz CT molecular complexity index is 784. The second kappa shape index (κ2) is 9.11. The summed E-state index contributed by atoms with van der Waals surface area (Å²) in [5, 5.41) is 3.51. The molecule has 0 bridgehead atoms. The number of hydrogen-bond acceptors (Lipinski definition) is 4. The third kappa shape index (κ3) is 4.46. The van der Waals surface area contributed by atoms with Gasteiger partial charge in [0.1, 0.15) is 5.76 Å². The Hall–Kier alpha value is -2.72. The van der Waals surface area contributed by atoms with Crippen molar-refractivity contribution in [2.45, 2.75) is 18.9 Å². The molecule has 1 aromatic heterocycles. The molecule has 0 amide bonds. The first-order chi connectivity index (χ1) is 12.8. The number of methoxy groups -OCH3 is 2. The van der Waals surface area contributed by atoms with Crippen LogP contribution in [-0.4, -0.2) is 20.8 Å². The molecule has 0 saturated heterocycles. The van der Waals surface area contributed by atoms with Gasteiger partial charge >= 0.3 is 0 Å². The molecule has 0 fully saturated rings. The van der Waals surface area contributed by atoms with Crippen LogP contribution < -0.4 is 14.8 Å². The lowest BCUT2D eigenvalue weighted by Gasteiger charge is -2.16. The normalized spacial score (nSPS) is 11.9. The van der Waals surface area contributed by atoms with Crippen LogP contribution in [-0.2, 0) is 6.54 Å². The first kappa shape index (κ1) is 18.1. The predicted octanol–water partition coefficient (Wildman–Crippen LogP) is 4.61. The van der Waals surface area contributed by atoms with Crippen molar-refractivity contribution >= 4 is 0 Å². The van der Waals surface area contributed by atoms with Gasteiger partial charge in [-0.1, -0.05) is 36.4 Å². The maximum absolute atomic E-state index is 5.66. The fourth-order valence-corrected chi connectivity index (χ4v) is 3.12. The Morgan fingerprint density at radius 1 is 0.923 bits per heavy atom. The van der Waals surface area contributed by atoms with Crippen molar-refractivity contribution in [3.8, 4) is 11.5 Å². The Labute approximate surface area is 154 Å². The van der Waals surface area contributed by atoms with E-state index >= 15 is 0 Å². The minimum Gasteiger partial charge on any atom is -0.493 e. The van der Waals surface area contributed by atoms with Crippen LogP contribution in [0.2, 0.25) is 0 Å². The summed E-state index contributed by atoms with van der Waals surface area (Å²) in [7, 11) is 3.30. The smallest absolute Gasteiger partial charge is 0.161 e. The minimum atomic E-state index is 0.254. The van der Waals surface area contributed by atoms with Crippen molar-refractivity contribution in [1.29, 1.82) is 0 Å². The average Bonchev–Trinajstić information content (AvgIpc) is 3.23. The summed E-state index contributed by atoms with van der Waals surface area (Å²) in [5.74, 6) is 2.76.